The van der Waals surface area contributed by atoms with Crippen LogP contribution >= 0.6 is 27.5 Å². The summed E-state index contributed by atoms with van der Waals surface area (Å²) >= 11 is 9.90. The van der Waals surface area contributed by atoms with Crippen molar-refractivity contribution in [2.45, 2.75) is 20.0 Å². The number of amides is 1. The summed E-state index contributed by atoms with van der Waals surface area (Å²) in [7, 11) is 0. The van der Waals surface area contributed by atoms with Crippen LogP contribution in [-0.2, 0) is 13.0 Å². The van der Waals surface area contributed by atoms with Gasteiger partial charge in [-0.15, -0.1) is 0 Å². The third kappa shape index (κ3) is 4.90. The van der Waals surface area contributed by atoms with Crippen molar-refractivity contribution in [3.05, 3.63) is 81.0 Å². The first-order valence-electron chi connectivity index (χ1n) is 11.2. The van der Waals surface area contributed by atoms with Gasteiger partial charge in [0, 0.05) is 41.0 Å². The van der Waals surface area contributed by atoms with E-state index >= 15 is 0 Å². The molecule has 9 heteroatoms. The fourth-order valence-corrected chi connectivity index (χ4v) is 4.69. The van der Waals surface area contributed by atoms with Crippen LogP contribution in [0.1, 0.15) is 28.5 Å². The normalized spacial score (nSPS) is 12.7. The Morgan fingerprint density at radius 3 is 2.80 bits per heavy atom. The highest BCUT2D eigenvalue weighted by molar-refractivity contribution is 9.10. The molecule has 3 heterocycles. The van der Waals surface area contributed by atoms with Crippen molar-refractivity contribution in [1.82, 2.24) is 20.3 Å². The summed E-state index contributed by atoms with van der Waals surface area (Å²) in [4.78, 5) is 24.7. The highest BCUT2D eigenvalue weighted by Gasteiger charge is 2.21. The molecule has 0 bridgehead atoms. The zero-order valence-electron chi connectivity index (χ0n) is 18.9. The summed E-state index contributed by atoms with van der Waals surface area (Å²) in [6.07, 6.45) is 2.47. The summed E-state index contributed by atoms with van der Waals surface area (Å²) in [5.74, 6) is 1.61. The quantitative estimate of drug-likeness (QED) is 0.301. The van der Waals surface area contributed by atoms with Crippen LogP contribution in [0, 0.1) is 0 Å². The van der Waals surface area contributed by atoms with Gasteiger partial charge in [-0.25, -0.2) is 9.97 Å². The molecule has 2 aromatic heterocycles. The summed E-state index contributed by atoms with van der Waals surface area (Å²) in [5.41, 5.74) is 4.70. The monoisotopic (exact) mass is 552 g/mol. The van der Waals surface area contributed by atoms with E-state index < -0.39 is 0 Å². The summed E-state index contributed by atoms with van der Waals surface area (Å²) < 4.78 is 12.7. The highest BCUT2D eigenvalue weighted by Crippen LogP contribution is 2.40. The topological polar surface area (TPSA) is 89.1 Å². The fraction of sp³-hybridized carbons (Fsp3) is 0.192. The van der Waals surface area contributed by atoms with Crippen molar-refractivity contribution in [2.24, 2.45) is 0 Å². The summed E-state index contributed by atoms with van der Waals surface area (Å²) in [6, 6.07) is 15.0. The molecule has 1 amide bonds. The molecular formula is C26H22BrClN4O3. The third-order valence-electron chi connectivity index (χ3n) is 5.63. The number of hydrogen-bond acceptors (Lipinski definition) is 5. The predicted octanol–water partition coefficient (Wildman–Crippen LogP) is 5.82. The summed E-state index contributed by atoms with van der Waals surface area (Å²) in [6.45, 7) is 3.31. The first-order valence-corrected chi connectivity index (χ1v) is 12.4. The van der Waals surface area contributed by atoms with Gasteiger partial charge in [0.25, 0.3) is 5.91 Å². The van der Waals surface area contributed by atoms with E-state index in [0.29, 0.717) is 57.8 Å². The molecule has 1 aliphatic heterocycles. The van der Waals surface area contributed by atoms with Gasteiger partial charge in [-0.1, -0.05) is 29.8 Å². The van der Waals surface area contributed by atoms with Crippen LogP contribution in [-0.4, -0.2) is 34.0 Å². The molecule has 0 saturated heterocycles. The number of H-pyrrole nitrogens is 1. The van der Waals surface area contributed by atoms with E-state index in [2.05, 4.69) is 31.2 Å². The van der Waals surface area contributed by atoms with Crippen molar-refractivity contribution in [1.29, 1.82) is 0 Å². The minimum atomic E-state index is -0.0688. The average Bonchev–Trinajstić information content (AvgIpc) is 3.31. The molecule has 35 heavy (non-hydrogen) atoms. The second-order valence-electron chi connectivity index (χ2n) is 7.95. The van der Waals surface area contributed by atoms with Crippen LogP contribution in [0.2, 0.25) is 5.02 Å². The van der Waals surface area contributed by atoms with Crippen molar-refractivity contribution in [3.63, 3.8) is 0 Å². The zero-order valence-corrected chi connectivity index (χ0v) is 21.2. The second kappa shape index (κ2) is 10.1. The van der Waals surface area contributed by atoms with Gasteiger partial charge in [-0.05, 0) is 53.2 Å². The molecule has 0 atom stereocenters. The molecule has 2 N–H and O–H groups in total. The van der Waals surface area contributed by atoms with Crippen LogP contribution < -0.4 is 14.8 Å². The Bertz CT molecular complexity index is 1410. The number of aromatic nitrogens is 3. The Labute approximate surface area is 216 Å². The van der Waals surface area contributed by atoms with Crippen LogP contribution in [0.5, 0.6) is 11.5 Å². The maximum Gasteiger partial charge on any atom is 0.253 e. The maximum absolute atomic E-state index is 12.1. The molecule has 0 radical (unpaired) electrons. The lowest BCUT2D eigenvalue weighted by molar-refractivity contribution is 0.0946. The molecule has 0 unspecified atom stereocenters. The lowest BCUT2D eigenvalue weighted by Gasteiger charge is -2.16. The molecule has 5 rings (SSSR count). The number of aromatic amines is 1. The molecule has 0 fully saturated rings. The molecule has 2 aromatic carbocycles. The van der Waals surface area contributed by atoms with Crippen molar-refractivity contribution < 1.29 is 14.3 Å². The summed E-state index contributed by atoms with van der Waals surface area (Å²) in [5, 5.41) is 3.51. The van der Waals surface area contributed by atoms with Gasteiger partial charge in [0.15, 0.2) is 17.3 Å². The third-order valence-corrected chi connectivity index (χ3v) is 6.59. The van der Waals surface area contributed by atoms with Crippen molar-refractivity contribution in [3.8, 4) is 34.3 Å². The number of nitrogens with one attached hydrogen (secondary N) is 2. The van der Waals surface area contributed by atoms with E-state index in [-0.39, 0.29) is 5.91 Å². The molecule has 1 aliphatic rings. The van der Waals surface area contributed by atoms with Gasteiger partial charge >= 0.3 is 0 Å². The van der Waals surface area contributed by atoms with Gasteiger partial charge in [-0.2, -0.15) is 0 Å². The van der Waals surface area contributed by atoms with Crippen LogP contribution in [0.4, 0.5) is 0 Å². The van der Waals surface area contributed by atoms with Crippen LogP contribution in [0.3, 0.4) is 0 Å². The molecule has 0 spiro atoms. The second-order valence-corrected chi connectivity index (χ2v) is 9.21. The van der Waals surface area contributed by atoms with Gasteiger partial charge in [0.05, 0.1) is 28.0 Å². The first-order chi connectivity index (χ1) is 17.0. The number of rotatable bonds is 7. The molecular weight excluding hydrogens is 532 g/mol. The number of carbonyl (C=O) groups excluding carboxylic acids is 1. The van der Waals surface area contributed by atoms with Crippen molar-refractivity contribution in [2.75, 3.05) is 13.2 Å². The van der Waals surface area contributed by atoms with Gasteiger partial charge < -0.3 is 19.8 Å². The van der Waals surface area contributed by atoms with Crippen LogP contribution in [0.15, 0.2) is 59.2 Å². The maximum atomic E-state index is 12.1. The molecule has 7 nitrogen and oxygen atoms in total. The lowest BCUT2D eigenvalue weighted by atomic mass is 10.1. The predicted molar refractivity (Wildman–Crippen MR) is 138 cm³/mol. The highest BCUT2D eigenvalue weighted by atomic mass is 79.9. The van der Waals surface area contributed by atoms with E-state index in [9.17, 15) is 4.79 Å². The minimum absolute atomic E-state index is 0.0688. The van der Waals surface area contributed by atoms with E-state index in [0.717, 1.165) is 28.9 Å². The number of ether oxygens (including phenoxy) is 2. The largest absolute Gasteiger partial charge is 0.490 e. The number of hydrogen-bond donors (Lipinski definition) is 2. The zero-order chi connectivity index (χ0) is 24.4. The van der Waals surface area contributed by atoms with Crippen molar-refractivity contribution >= 4 is 33.4 Å². The van der Waals surface area contributed by atoms with E-state index in [1.165, 1.54) is 0 Å². The smallest absolute Gasteiger partial charge is 0.253 e. The Kier molecular flexibility index (Phi) is 6.74. The first kappa shape index (κ1) is 23.4. The number of fused-ring (bicyclic) bond motifs is 1. The number of nitrogens with zero attached hydrogens (tertiary/aromatic N) is 2. The fourth-order valence-electron chi connectivity index (χ4n) is 3.94. The van der Waals surface area contributed by atoms with Gasteiger partial charge in [-0.3, -0.25) is 4.79 Å². The van der Waals surface area contributed by atoms with Gasteiger partial charge in [0.1, 0.15) is 6.61 Å². The Morgan fingerprint density at radius 2 is 2.00 bits per heavy atom. The van der Waals surface area contributed by atoms with E-state index in [4.69, 9.17) is 26.1 Å². The van der Waals surface area contributed by atoms with E-state index in [1.54, 1.807) is 6.20 Å². The Hall–Kier alpha value is -3.36. The van der Waals surface area contributed by atoms with Crippen LogP contribution in [0.25, 0.3) is 22.8 Å². The van der Waals surface area contributed by atoms with Gasteiger partial charge in [0.2, 0.25) is 0 Å². The average molecular weight is 554 g/mol. The Morgan fingerprint density at radius 1 is 1.14 bits per heavy atom. The molecule has 178 valence electrons. The standard InChI is InChI=1S/C26H22BrClN4O3/c1-2-34-23-12-16(11-18(27)24(23)35-14-15-5-3-4-6-19(15)28)25-29-9-8-21(32-25)22-13-17-20(31-22)7-10-30-26(17)33/h3-6,8-9,11-13,31H,2,7,10,14H2,1H3,(H,30,33). The van der Waals surface area contributed by atoms with E-state index in [1.807, 2.05) is 55.5 Å². The Balaban J connectivity index is 1.46. The minimum Gasteiger partial charge on any atom is -0.490 e. The number of halogens is 2. The number of carbonyl (C=O) groups is 1. The number of benzene rings is 2. The molecule has 0 saturated carbocycles. The molecule has 4 aromatic rings. The SMILES string of the molecule is CCOc1cc(-c2nccc(-c3cc4c([nH]3)CCNC4=O)n2)cc(Br)c1OCc1ccccc1Cl. The lowest BCUT2D eigenvalue weighted by Crippen LogP contribution is -2.31. The molecule has 0 aliphatic carbocycles.